The van der Waals surface area contributed by atoms with Gasteiger partial charge in [-0.25, -0.2) is 23.5 Å². The summed E-state index contributed by atoms with van der Waals surface area (Å²) >= 11 is 6.64. The number of rotatable bonds is 7. The van der Waals surface area contributed by atoms with Crippen LogP contribution in [-0.2, 0) is 22.7 Å². The molecule has 2 aromatic carbocycles. The molecule has 0 radical (unpaired) electrons. The van der Waals surface area contributed by atoms with Crippen molar-refractivity contribution in [3.8, 4) is 11.4 Å². The molecule has 2 aromatic heterocycles. The van der Waals surface area contributed by atoms with Crippen LogP contribution in [-0.4, -0.2) is 55.8 Å². The van der Waals surface area contributed by atoms with Crippen LogP contribution in [0.5, 0.6) is 0 Å². The number of hydrogen-bond donors (Lipinski definition) is 4. The molecular weight excluding hydrogens is 613 g/mol. The quantitative estimate of drug-likeness (QED) is 0.191. The number of amides is 1. The van der Waals surface area contributed by atoms with Gasteiger partial charge in [-0.3, -0.25) is 4.79 Å². The number of fused-ring (bicyclic) bond motifs is 1. The van der Waals surface area contributed by atoms with Crippen LogP contribution in [0, 0.1) is 17.6 Å². The number of aliphatic carboxylic acids is 1. The maximum absolute atomic E-state index is 13.6. The number of benzene rings is 2. The molecular formula is C28H27ClF5N7O3. The zero-order valence-corrected chi connectivity index (χ0v) is 23.9. The summed E-state index contributed by atoms with van der Waals surface area (Å²) in [7, 11) is 0. The van der Waals surface area contributed by atoms with E-state index in [1.807, 2.05) is 6.07 Å². The number of carbonyl (C=O) groups excluding carboxylic acids is 1. The highest BCUT2D eigenvalue weighted by molar-refractivity contribution is 6.33. The summed E-state index contributed by atoms with van der Waals surface area (Å²) in [6, 6.07) is 9.07. The van der Waals surface area contributed by atoms with Gasteiger partial charge in [-0.05, 0) is 67.7 Å². The molecule has 5 rings (SSSR count). The number of piperidine rings is 1. The Labute approximate surface area is 252 Å². The fourth-order valence-corrected chi connectivity index (χ4v) is 4.79. The van der Waals surface area contributed by atoms with Gasteiger partial charge in [0.15, 0.2) is 17.3 Å². The Bertz CT molecular complexity index is 1660. The minimum Gasteiger partial charge on any atom is -0.475 e. The molecule has 0 saturated carbocycles. The topological polar surface area (TPSA) is 134 Å². The van der Waals surface area contributed by atoms with Crippen molar-refractivity contribution < 1.29 is 36.6 Å². The van der Waals surface area contributed by atoms with Crippen molar-refractivity contribution in [3.05, 3.63) is 64.8 Å². The number of carboxylic acids is 1. The van der Waals surface area contributed by atoms with Crippen LogP contribution >= 0.6 is 11.6 Å². The molecule has 1 fully saturated rings. The van der Waals surface area contributed by atoms with E-state index in [-0.39, 0.29) is 12.5 Å². The maximum atomic E-state index is 13.6. The first-order valence-corrected chi connectivity index (χ1v) is 13.7. The number of nitrogens with zero attached hydrogens (tertiary/aromatic N) is 4. The normalized spacial score (nSPS) is 14.9. The number of alkyl halides is 3. The summed E-state index contributed by atoms with van der Waals surface area (Å²) in [5.74, 6) is -3.34. The van der Waals surface area contributed by atoms with E-state index in [0.29, 0.717) is 57.2 Å². The van der Waals surface area contributed by atoms with Crippen LogP contribution in [0.2, 0.25) is 5.02 Å². The summed E-state index contributed by atoms with van der Waals surface area (Å²) in [6.45, 7) is 4.25. The van der Waals surface area contributed by atoms with E-state index in [2.05, 4.69) is 25.5 Å². The van der Waals surface area contributed by atoms with Gasteiger partial charge in [0, 0.05) is 31.3 Å². The molecule has 1 aliphatic rings. The minimum atomic E-state index is -5.08. The number of carboxylic acid groups (broad SMARTS) is 1. The third kappa shape index (κ3) is 8.38. The van der Waals surface area contributed by atoms with E-state index in [1.54, 1.807) is 18.3 Å². The zero-order valence-electron chi connectivity index (χ0n) is 23.2. The maximum Gasteiger partial charge on any atom is 0.490 e. The lowest BCUT2D eigenvalue weighted by Gasteiger charge is -2.24. The molecule has 0 aliphatic carbocycles. The molecule has 16 heteroatoms. The number of nitrogens with one attached hydrogen (secondary N) is 3. The summed E-state index contributed by atoms with van der Waals surface area (Å²) in [6.07, 6.45) is -1.28. The van der Waals surface area contributed by atoms with Gasteiger partial charge in [0.1, 0.15) is 11.3 Å². The molecule has 0 spiro atoms. The SMILES string of the molecule is CC(=O)Nc1ccc(-c2nc3cnc(NCc4ccc(F)c(F)c4)nc3n2CC2CCCNC2)c(Cl)c1.O=C(O)C(F)(F)F. The van der Waals surface area contributed by atoms with Gasteiger partial charge < -0.3 is 25.6 Å². The van der Waals surface area contributed by atoms with Crippen LogP contribution in [0.25, 0.3) is 22.6 Å². The van der Waals surface area contributed by atoms with Crippen LogP contribution < -0.4 is 16.0 Å². The molecule has 1 saturated heterocycles. The highest BCUT2D eigenvalue weighted by Gasteiger charge is 2.38. The first kappa shape index (κ1) is 32.5. The van der Waals surface area contributed by atoms with Gasteiger partial charge in [0.25, 0.3) is 0 Å². The van der Waals surface area contributed by atoms with Crippen LogP contribution in [0.4, 0.5) is 33.6 Å². The number of hydrogen-bond acceptors (Lipinski definition) is 7. The van der Waals surface area contributed by atoms with E-state index >= 15 is 0 Å². The smallest absolute Gasteiger partial charge is 0.475 e. The summed E-state index contributed by atoms with van der Waals surface area (Å²) in [4.78, 5) is 34.2. The summed E-state index contributed by atoms with van der Waals surface area (Å²) in [5, 5.41) is 16.9. The van der Waals surface area contributed by atoms with Gasteiger partial charge in [-0.15, -0.1) is 0 Å². The zero-order chi connectivity index (χ0) is 32.0. The van der Waals surface area contributed by atoms with E-state index in [9.17, 15) is 26.7 Å². The molecule has 44 heavy (non-hydrogen) atoms. The number of imidazole rings is 1. The molecule has 0 bridgehead atoms. The van der Waals surface area contributed by atoms with Crippen molar-refractivity contribution in [2.24, 2.45) is 5.92 Å². The molecule has 3 heterocycles. The lowest BCUT2D eigenvalue weighted by molar-refractivity contribution is -0.192. The lowest BCUT2D eigenvalue weighted by Crippen LogP contribution is -2.32. The Hall–Kier alpha value is -4.37. The highest BCUT2D eigenvalue weighted by Crippen LogP contribution is 2.33. The van der Waals surface area contributed by atoms with Crippen molar-refractivity contribution >= 4 is 46.3 Å². The Morgan fingerprint density at radius 1 is 1.14 bits per heavy atom. The molecule has 1 unspecified atom stereocenters. The average Bonchev–Trinajstić information content (AvgIpc) is 3.31. The van der Waals surface area contributed by atoms with Crippen LogP contribution in [0.15, 0.2) is 42.6 Å². The standard InChI is InChI=1S/C26H26ClF2N7O.C2HF3O2/c1-15(37)33-18-5-6-19(20(27)10-18)24-34-23-13-32-26(31-12-16-4-7-21(28)22(29)9-16)35-25(23)36(24)14-17-3-2-8-30-11-17;3-2(4,5)1(6)7/h4-7,9-10,13,17,30H,2-3,8,11-12,14H2,1H3,(H,33,37)(H,31,32,35);(H,6,7). The first-order valence-electron chi connectivity index (χ1n) is 13.3. The molecule has 1 atom stereocenters. The Morgan fingerprint density at radius 3 is 2.50 bits per heavy atom. The minimum absolute atomic E-state index is 0.181. The third-order valence-corrected chi connectivity index (χ3v) is 6.85. The second-order valence-electron chi connectivity index (χ2n) is 9.94. The van der Waals surface area contributed by atoms with Crippen molar-refractivity contribution in [2.45, 2.75) is 39.0 Å². The van der Waals surface area contributed by atoms with E-state index < -0.39 is 23.8 Å². The van der Waals surface area contributed by atoms with Crippen LogP contribution in [0.3, 0.4) is 0 Å². The predicted molar refractivity (Wildman–Crippen MR) is 153 cm³/mol. The van der Waals surface area contributed by atoms with Crippen molar-refractivity contribution in [1.82, 2.24) is 24.8 Å². The first-order chi connectivity index (χ1) is 20.8. The number of aromatic nitrogens is 4. The molecule has 1 aliphatic heterocycles. The Morgan fingerprint density at radius 2 is 1.89 bits per heavy atom. The van der Waals surface area contributed by atoms with E-state index in [4.69, 9.17) is 31.5 Å². The van der Waals surface area contributed by atoms with Crippen molar-refractivity contribution in [1.29, 1.82) is 0 Å². The summed E-state index contributed by atoms with van der Waals surface area (Å²) in [5.41, 5.74) is 3.14. The number of carbonyl (C=O) groups is 2. The van der Waals surface area contributed by atoms with E-state index in [0.717, 1.165) is 38.1 Å². The van der Waals surface area contributed by atoms with Crippen molar-refractivity contribution in [3.63, 3.8) is 0 Å². The van der Waals surface area contributed by atoms with Gasteiger partial charge >= 0.3 is 12.1 Å². The molecule has 234 valence electrons. The Balaban J connectivity index is 0.000000566. The molecule has 4 aromatic rings. The number of anilines is 2. The lowest BCUT2D eigenvalue weighted by atomic mass is 9.99. The Kier molecular flexibility index (Phi) is 10.3. The molecule has 1 amide bonds. The molecule has 4 N–H and O–H groups in total. The second-order valence-corrected chi connectivity index (χ2v) is 10.3. The predicted octanol–water partition coefficient (Wildman–Crippen LogP) is 5.63. The molecule has 10 nitrogen and oxygen atoms in total. The van der Waals surface area contributed by atoms with Gasteiger partial charge in [-0.1, -0.05) is 17.7 Å². The monoisotopic (exact) mass is 639 g/mol. The summed E-state index contributed by atoms with van der Waals surface area (Å²) < 4.78 is 60.6. The fourth-order valence-electron chi connectivity index (χ4n) is 4.53. The second kappa shape index (κ2) is 13.9. The average molecular weight is 640 g/mol. The van der Waals surface area contributed by atoms with E-state index in [1.165, 1.54) is 13.0 Å². The largest absolute Gasteiger partial charge is 0.490 e. The fraction of sp³-hybridized carbons (Fsp3) is 0.321. The van der Waals surface area contributed by atoms with Crippen molar-refractivity contribution in [2.75, 3.05) is 23.7 Å². The van der Waals surface area contributed by atoms with Gasteiger partial charge in [0.2, 0.25) is 11.9 Å². The van der Waals surface area contributed by atoms with Gasteiger partial charge in [0.05, 0.1) is 11.2 Å². The van der Waals surface area contributed by atoms with Crippen LogP contribution in [0.1, 0.15) is 25.3 Å². The third-order valence-electron chi connectivity index (χ3n) is 6.53. The number of halogens is 6. The van der Waals surface area contributed by atoms with Gasteiger partial charge in [-0.2, -0.15) is 18.2 Å². The highest BCUT2D eigenvalue weighted by atomic mass is 35.5.